The Morgan fingerprint density at radius 2 is 1.29 bits per heavy atom. The Morgan fingerprint density at radius 1 is 0.554 bits per heavy atom. The molecule has 0 spiro atoms. The van der Waals surface area contributed by atoms with E-state index >= 15 is 0 Å². The van der Waals surface area contributed by atoms with E-state index < -0.39 is 0 Å². The Labute approximate surface area is 332 Å². The number of nitrogens with zero attached hydrogens (tertiary/aromatic N) is 1. The monoisotopic (exact) mass is 719 g/mol. The molecule has 0 saturated heterocycles. The summed E-state index contributed by atoms with van der Waals surface area (Å²) >= 11 is 0. The van der Waals surface area contributed by atoms with Gasteiger partial charge in [-0.1, -0.05) is 158 Å². The van der Waals surface area contributed by atoms with Crippen LogP contribution in [0.1, 0.15) is 28.9 Å². The van der Waals surface area contributed by atoms with Gasteiger partial charge in [0, 0.05) is 38.9 Å². The van der Waals surface area contributed by atoms with Crippen LogP contribution in [0.15, 0.2) is 210 Å². The molecule has 0 radical (unpaired) electrons. The molecule has 0 fully saturated rings. The van der Waals surface area contributed by atoms with E-state index in [0.717, 1.165) is 78.3 Å². The number of hydrogen-bond donors (Lipinski definition) is 0. The Bertz CT molecular complexity index is 3270. The van der Waals surface area contributed by atoms with Crippen molar-refractivity contribution in [3.63, 3.8) is 0 Å². The molecule has 1 heterocycles. The lowest BCUT2D eigenvalue weighted by Gasteiger charge is -2.30. The molecule has 0 aliphatic heterocycles. The lowest BCUT2D eigenvalue weighted by Crippen LogP contribution is -2.12. The minimum atomic E-state index is -0.122. The average Bonchev–Trinajstić information content (AvgIpc) is 3.69. The largest absolute Gasteiger partial charge is 0.455 e. The molecule has 2 aliphatic carbocycles. The lowest BCUT2D eigenvalue weighted by molar-refractivity contribution is 0.672. The van der Waals surface area contributed by atoms with Crippen molar-refractivity contribution in [2.45, 2.75) is 12.3 Å². The van der Waals surface area contributed by atoms with Crippen LogP contribution in [0.4, 0.5) is 17.1 Å². The van der Waals surface area contributed by atoms with Crippen molar-refractivity contribution >= 4 is 55.8 Å². The number of fused-ring (bicyclic) bond motifs is 8. The minimum Gasteiger partial charge on any atom is -0.455 e. The van der Waals surface area contributed by atoms with Crippen molar-refractivity contribution < 1.29 is 9.90 Å². The molecule has 11 rings (SSSR count). The van der Waals surface area contributed by atoms with Gasteiger partial charge in [-0.25, -0.2) is 0 Å². The zero-order valence-corrected chi connectivity index (χ0v) is 30.5. The second kappa shape index (κ2) is 13.3. The summed E-state index contributed by atoms with van der Waals surface area (Å²) in [7, 11) is 0. The van der Waals surface area contributed by atoms with E-state index in [0.29, 0.717) is 5.56 Å². The molecule has 1 unspecified atom stereocenters. The van der Waals surface area contributed by atoms with E-state index in [1.807, 2.05) is 95.9 Å². The predicted molar refractivity (Wildman–Crippen MR) is 236 cm³/mol. The van der Waals surface area contributed by atoms with Crippen LogP contribution in [0.3, 0.4) is 0 Å². The van der Waals surface area contributed by atoms with Gasteiger partial charge in [-0.15, -0.1) is 0 Å². The topological polar surface area (TPSA) is 16.4 Å². The summed E-state index contributed by atoms with van der Waals surface area (Å²) < 4.78 is 45.2. The molecule has 2 heteroatoms. The minimum absolute atomic E-state index is 0.0925. The quantitative estimate of drug-likeness (QED) is 0.170. The van der Waals surface area contributed by atoms with Crippen LogP contribution in [0.25, 0.3) is 72.2 Å². The molecule has 9 aromatic rings. The second-order valence-electron chi connectivity index (χ2n) is 14.5. The van der Waals surface area contributed by atoms with Crippen molar-refractivity contribution in [2.24, 2.45) is 0 Å². The number of allylic oxidation sites excluding steroid dienone is 5. The molecule has 1 atom stereocenters. The number of rotatable bonds is 6. The zero-order valence-electron chi connectivity index (χ0n) is 34.5. The Hall–Kier alpha value is -7.16. The highest BCUT2D eigenvalue weighted by molar-refractivity contribution is 6.15. The van der Waals surface area contributed by atoms with Gasteiger partial charge in [0.05, 0.1) is 16.9 Å². The second-order valence-corrected chi connectivity index (χ2v) is 14.5. The Balaban J connectivity index is 1.12. The van der Waals surface area contributed by atoms with Crippen LogP contribution in [0.2, 0.25) is 0 Å². The fourth-order valence-electron chi connectivity index (χ4n) is 8.55. The Kier molecular flexibility index (Phi) is 6.72. The van der Waals surface area contributed by atoms with E-state index in [4.69, 9.17) is 4.42 Å². The molecular formula is C54H37NO. The first-order valence-corrected chi connectivity index (χ1v) is 19.1. The van der Waals surface area contributed by atoms with Gasteiger partial charge >= 0.3 is 0 Å². The maximum Gasteiger partial charge on any atom is 0.143 e. The van der Waals surface area contributed by atoms with Crippen LogP contribution in [-0.2, 0) is 0 Å². The van der Waals surface area contributed by atoms with E-state index in [2.05, 4.69) is 91.0 Å². The van der Waals surface area contributed by atoms with Crippen molar-refractivity contribution in [3.05, 3.63) is 217 Å². The van der Waals surface area contributed by atoms with Gasteiger partial charge in [-0.05, 0) is 99.2 Å². The van der Waals surface area contributed by atoms with Crippen LogP contribution in [0, 0.1) is 0 Å². The molecule has 264 valence electrons. The number of furan rings is 1. The third kappa shape index (κ3) is 5.41. The molecular weight excluding hydrogens is 679 g/mol. The van der Waals surface area contributed by atoms with Crippen LogP contribution in [-0.4, -0.2) is 0 Å². The molecule has 0 bridgehead atoms. The first-order chi connectivity index (χ1) is 29.4. The van der Waals surface area contributed by atoms with Crippen molar-refractivity contribution in [2.75, 3.05) is 4.90 Å². The maximum atomic E-state index is 9.78. The van der Waals surface area contributed by atoms with Gasteiger partial charge in [0.15, 0.2) is 0 Å². The molecule has 0 amide bonds. The molecule has 0 N–H and O–H groups in total. The summed E-state index contributed by atoms with van der Waals surface area (Å²) in [5, 5.41) is 4.18. The normalized spacial score (nSPS) is 15.5. The van der Waals surface area contributed by atoms with E-state index in [1.165, 1.54) is 11.1 Å². The molecule has 1 aromatic heterocycles. The summed E-state index contributed by atoms with van der Waals surface area (Å²) in [5.41, 5.74) is 11.4. The standard InChI is InChI=1S/C54H37NO/c1-2-12-37(13-3-1)46-17-8-10-20-51(46)55(43-29-24-36(25-30-43)40-27-31-45-41(34-40)23-22-38-14-4-6-16-44(38)45)52-21-11-9-18-47(52)42-28-33-53-50(35-42)49-32-26-39-15-5-7-19-48(39)54(49)56-53/h1-15,17-35,44H,16H2/i24D,25D,29D,30D. The maximum absolute atomic E-state index is 9.78. The molecule has 0 saturated carbocycles. The van der Waals surface area contributed by atoms with Crippen molar-refractivity contribution in [3.8, 4) is 33.4 Å². The van der Waals surface area contributed by atoms with Gasteiger partial charge in [0.2, 0.25) is 0 Å². The van der Waals surface area contributed by atoms with E-state index in [1.54, 1.807) is 0 Å². The zero-order chi connectivity index (χ0) is 40.5. The van der Waals surface area contributed by atoms with Gasteiger partial charge in [-0.2, -0.15) is 0 Å². The third-order valence-electron chi connectivity index (χ3n) is 11.3. The smallest absolute Gasteiger partial charge is 0.143 e. The third-order valence-corrected chi connectivity index (χ3v) is 11.3. The fourth-order valence-corrected chi connectivity index (χ4v) is 8.55. The molecule has 2 nitrogen and oxygen atoms in total. The summed E-state index contributed by atoms with van der Waals surface area (Å²) in [6.45, 7) is 0. The highest BCUT2D eigenvalue weighted by Crippen LogP contribution is 2.46. The summed E-state index contributed by atoms with van der Waals surface area (Å²) in [5.74, 6) is 0.266. The summed E-state index contributed by atoms with van der Waals surface area (Å²) in [4.78, 5) is 1.92. The van der Waals surface area contributed by atoms with Crippen LogP contribution in [0.5, 0.6) is 0 Å². The fraction of sp³-hybridized carbons (Fsp3) is 0.0370. The predicted octanol–water partition coefficient (Wildman–Crippen LogP) is 15.2. The highest BCUT2D eigenvalue weighted by atomic mass is 16.3. The average molecular weight is 720 g/mol. The molecule has 56 heavy (non-hydrogen) atoms. The Morgan fingerprint density at radius 3 is 2.12 bits per heavy atom. The van der Waals surface area contributed by atoms with Gasteiger partial charge < -0.3 is 9.32 Å². The SMILES string of the molecule is [2H]c1c([2H])c(N(c2ccccc2-c2ccccc2)c2ccccc2-c2ccc3oc4c5ccccc5ccc4c3c2)c([2H])c([2H])c1-c1ccc2c(c1)C=CC1=CC=CCC12. The summed E-state index contributed by atoms with van der Waals surface area (Å²) in [6.07, 6.45) is 11.6. The van der Waals surface area contributed by atoms with Gasteiger partial charge in [0.25, 0.3) is 0 Å². The van der Waals surface area contributed by atoms with E-state index in [9.17, 15) is 5.48 Å². The summed E-state index contributed by atoms with van der Waals surface area (Å²) in [6, 6.07) is 50.4. The van der Waals surface area contributed by atoms with Crippen LogP contribution < -0.4 is 4.90 Å². The van der Waals surface area contributed by atoms with Gasteiger partial charge in [-0.3, -0.25) is 0 Å². The molecule has 2 aliphatic rings. The van der Waals surface area contributed by atoms with Crippen molar-refractivity contribution in [1.29, 1.82) is 0 Å². The number of anilines is 3. The number of benzene rings is 8. The first-order valence-electron chi connectivity index (χ1n) is 21.1. The first kappa shape index (κ1) is 28.3. The highest BCUT2D eigenvalue weighted by Gasteiger charge is 2.23. The van der Waals surface area contributed by atoms with Crippen LogP contribution >= 0.6 is 0 Å². The van der Waals surface area contributed by atoms with Crippen molar-refractivity contribution in [1.82, 2.24) is 0 Å². The van der Waals surface area contributed by atoms with Gasteiger partial charge in [0.1, 0.15) is 11.2 Å². The number of para-hydroxylation sites is 2. The molecule has 8 aromatic carbocycles. The van der Waals surface area contributed by atoms with E-state index in [-0.39, 0.29) is 41.3 Å². The lowest BCUT2D eigenvalue weighted by atomic mass is 9.78. The number of hydrogen-bond acceptors (Lipinski definition) is 2.